The Kier molecular flexibility index (Phi) is 4.95. The van der Waals surface area contributed by atoms with Crippen LogP contribution in [0.1, 0.15) is 50.5 Å². The molecule has 4 bridgehead atoms. The number of amides is 2. The maximum absolute atomic E-state index is 13.7. The Bertz CT molecular complexity index is 697. The summed E-state index contributed by atoms with van der Waals surface area (Å²) in [6, 6.07) is 6.45. The molecule has 1 aromatic carbocycles. The number of carbonyl (C=O) groups excluding carboxylic acids is 2. The summed E-state index contributed by atoms with van der Waals surface area (Å²) < 4.78 is 13.7. The fourth-order valence-corrected chi connectivity index (χ4v) is 6.19. The molecule has 0 unspecified atom stereocenters. The Morgan fingerprint density at radius 2 is 1.70 bits per heavy atom. The number of hydrogen-bond acceptors (Lipinski definition) is 2. The first-order chi connectivity index (χ1) is 12.9. The maximum atomic E-state index is 13.7. The van der Waals surface area contributed by atoms with Crippen molar-refractivity contribution in [3.8, 4) is 0 Å². The molecule has 0 atom stereocenters. The topological polar surface area (TPSA) is 49.4 Å². The number of halogens is 1. The van der Waals surface area contributed by atoms with Crippen LogP contribution in [-0.2, 0) is 16.1 Å². The standard InChI is InChI=1S/C22H29FN2O2/c1-25(14-18-4-2-3-5-19(18)23)21(27)13-24-20(26)12-22-9-15-6-16(10-22)8-17(7-15)11-22/h2-5,15-17H,6-14H2,1H3,(H,24,26). The van der Waals surface area contributed by atoms with Crippen molar-refractivity contribution in [2.24, 2.45) is 23.2 Å². The van der Waals surface area contributed by atoms with Crippen molar-refractivity contribution in [1.82, 2.24) is 10.2 Å². The second-order valence-electron chi connectivity index (χ2n) is 9.21. The lowest BCUT2D eigenvalue weighted by Gasteiger charge is -2.56. The van der Waals surface area contributed by atoms with Crippen LogP contribution in [0.5, 0.6) is 0 Å². The molecule has 27 heavy (non-hydrogen) atoms. The molecule has 4 aliphatic carbocycles. The molecular formula is C22H29FN2O2. The molecule has 0 aliphatic heterocycles. The zero-order valence-corrected chi connectivity index (χ0v) is 16.0. The van der Waals surface area contributed by atoms with Gasteiger partial charge >= 0.3 is 0 Å². The summed E-state index contributed by atoms with van der Waals surface area (Å²) in [6.45, 7) is 0.187. The van der Waals surface area contributed by atoms with E-state index in [2.05, 4.69) is 5.32 Å². The van der Waals surface area contributed by atoms with Crippen molar-refractivity contribution in [2.45, 2.75) is 51.5 Å². The van der Waals surface area contributed by atoms with Crippen LogP contribution in [0.15, 0.2) is 24.3 Å². The van der Waals surface area contributed by atoms with Crippen LogP contribution in [0.3, 0.4) is 0 Å². The highest BCUT2D eigenvalue weighted by atomic mass is 19.1. The summed E-state index contributed by atoms with van der Waals surface area (Å²) in [5.41, 5.74) is 0.661. The van der Waals surface area contributed by atoms with Crippen molar-refractivity contribution in [3.63, 3.8) is 0 Å². The molecule has 4 fully saturated rings. The van der Waals surface area contributed by atoms with E-state index in [0.29, 0.717) is 12.0 Å². The second-order valence-corrected chi connectivity index (χ2v) is 9.21. The molecule has 2 amide bonds. The van der Waals surface area contributed by atoms with Crippen LogP contribution in [0.4, 0.5) is 4.39 Å². The predicted octanol–water partition coefficient (Wildman–Crippen LogP) is 3.51. The molecule has 1 aromatic rings. The summed E-state index contributed by atoms with van der Waals surface area (Å²) in [4.78, 5) is 26.3. The number of nitrogens with one attached hydrogen (secondary N) is 1. The van der Waals surface area contributed by atoms with E-state index in [1.165, 1.54) is 49.5 Å². The van der Waals surface area contributed by atoms with Gasteiger partial charge in [0.15, 0.2) is 0 Å². The third-order valence-corrected chi connectivity index (χ3v) is 6.93. The van der Waals surface area contributed by atoms with E-state index < -0.39 is 0 Å². The van der Waals surface area contributed by atoms with E-state index in [1.807, 2.05) is 0 Å². The van der Waals surface area contributed by atoms with Gasteiger partial charge in [0.2, 0.25) is 11.8 Å². The summed E-state index contributed by atoms with van der Waals surface area (Å²) in [5.74, 6) is 1.93. The van der Waals surface area contributed by atoms with Gasteiger partial charge in [0.1, 0.15) is 5.82 Å². The molecule has 0 radical (unpaired) electrons. The number of likely N-dealkylation sites (N-methyl/N-ethyl adjacent to an activating group) is 1. The smallest absolute Gasteiger partial charge is 0.242 e. The quantitative estimate of drug-likeness (QED) is 0.831. The molecule has 146 valence electrons. The Labute approximate surface area is 160 Å². The maximum Gasteiger partial charge on any atom is 0.242 e. The number of benzene rings is 1. The van der Waals surface area contributed by atoms with Gasteiger partial charge in [-0.25, -0.2) is 4.39 Å². The minimum atomic E-state index is -0.317. The van der Waals surface area contributed by atoms with Crippen LogP contribution >= 0.6 is 0 Å². The van der Waals surface area contributed by atoms with Crippen molar-refractivity contribution < 1.29 is 14.0 Å². The first-order valence-electron chi connectivity index (χ1n) is 10.2. The third kappa shape index (κ3) is 4.02. The summed E-state index contributed by atoms with van der Waals surface area (Å²) in [7, 11) is 1.64. The highest BCUT2D eigenvalue weighted by Crippen LogP contribution is 2.61. The van der Waals surface area contributed by atoms with Gasteiger partial charge in [0.05, 0.1) is 6.54 Å². The first kappa shape index (κ1) is 18.5. The largest absolute Gasteiger partial charge is 0.347 e. The first-order valence-corrected chi connectivity index (χ1v) is 10.2. The molecular weight excluding hydrogens is 343 g/mol. The number of rotatable bonds is 6. The Morgan fingerprint density at radius 3 is 2.30 bits per heavy atom. The van der Waals surface area contributed by atoms with Gasteiger partial charge in [-0.2, -0.15) is 0 Å². The van der Waals surface area contributed by atoms with Crippen LogP contribution in [0, 0.1) is 29.0 Å². The molecule has 0 spiro atoms. The fraction of sp³-hybridized carbons (Fsp3) is 0.636. The van der Waals surface area contributed by atoms with Crippen molar-refractivity contribution in [3.05, 3.63) is 35.6 Å². The normalized spacial score (nSPS) is 31.0. The van der Waals surface area contributed by atoms with E-state index in [9.17, 15) is 14.0 Å². The summed E-state index contributed by atoms with van der Waals surface area (Å²) >= 11 is 0. The van der Waals surface area contributed by atoms with Gasteiger partial charge in [-0.1, -0.05) is 18.2 Å². The monoisotopic (exact) mass is 372 g/mol. The molecule has 4 nitrogen and oxygen atoms in total. The van der Waals surface area contributed by atoms with E-state index in [0.717, 1.165) is 17.8 Å². The van der Waals surface area contributed by atoms with Crippen LogP contribution in [0.25, 0.3) is 0 Å². The lowest BCUT2D eigenvalue weighted by Crippen LogP contribution is -2.48. The fourth-order valence-electron chi connectivity index (χ4n) is 6.19. The Hall–Kier alpha value is -1.91. The van der Waals surface area contributed by atoms with Gasteiger partial charge in [0, 0.05) is 25.6 Å². The van der Waals surface area contributed by atoms with E-state index in [1.54, 1.807) is 25.2 Å². The Morgan fingerprint density at radius 1 is 1.11 bits per heavy atom. The highest BCUT2D eigenvalue weighted by Gasteiger charge is 2.51. The molecule has 0 heterocycles. The zero-order valence-electron chi connectivity index (χ0n) is 16.0. The van der Waals surface area contributed by atoms with E-state index in [-0.39, 0.29) is 36.1 Å². The van der Waals surface area contributed by atoms with Crippen LogP contribution in [0.2, 0.25) is 0 Å². The zero-order chi connectivity index (χ0) is 19.0. The highest BCUT2D eigenvalue weighted by molar-refractivity contribution is 5.84. The van der Waals surface area contributed by atoms with Crippen LogP contribution in [-0.4, -0.2) is 30.3 Å². The lowest BCUT2D eigenvalue weighted by atomic mass is 9.49. The molecule has 1 N–H and O–H groups in total. The summed E-state index contributed by atoms with van der Waals surface area (Å²) in [6.07, 6.45) is 8.20. The number of hydrogen-bond donors (Lipinski definition) is 1. The average molecular weight is 372 g/mol. The predicted molar refractivity (Wildman–Crippen MR) is 101 cm³/mol. The van der Waals surface area contributed by atoms with Crippen molar-refractivity contribution in [2.75, 3.05) is 13.6 Å². The van der Waals surface area contributed by atoms with Gasteiger partial charge < -0.3 is 10.2 Å². The van der Waals surface area contributed by atoms with E-state index >= 15 is 0 Å². The number of nitrogens with zero attached hydrogens (tertiary/aromatic N) is 1. The molecule has 0 aromatic heterocycles. The SMILES string of the molecule is CN(Cc1ccccc1F)C(=O)CNC(=O)CC12CC3CC(CC(C3)C1)C2. The third-order valence-electron chi connectivity index (χ3n) is 6.93. The molecule has 4 saturated carbocycles. The minimum absolute atomic E-state index is 0.00964. The van der Waals surface area contributed by atoms with E-state index in [4.69, 9.17) is 0 Å². The molecule has 4 aliphatic rings. The minimum Gasteiger partial charge on any atom is -0.347 e. The van der Waals surface area contributed by atoms with Gasteiger partial charge in [-0.05, 0) is 67.8 Å². The number of carbonyl (C=O) groups is 2. The molecule has 5 heteroatoms. The van der Waals surface area contributed by atoms with Gasteiger partial charge in [-0.15, -0.1) is 0 Å². The molecule has 0 saturated heterocycles. The van der Waals surface area contributed by atoms with Crippen LogP contribution < -0.4 is 5.32 Å². The Balaban J connectivity index is 1.27. The summed E-state index contributed by atoms with van der Waals surface area (Å²) in [5, 5.41) is 2.81. The average Bonchev–Trinajstić information content (AvgIpc) is 2.60. The second kappa shape index (κ2) is 7.25. The van der Waals surface area contributed by atoms with Gasteiger partial charge in [0.25, 0.3) is 0 Å². The molecule has 5 rings (SSSR count). The lowest BCUT2D eigenvalue weighted by molar-refractivity contribution is -0.135. The van der Waals surface area contributed by atoms with Crippen molar-refractivity contribution in [1.29, 1.82) is 0 Å². The van der Waals surface area contributed by atoms with Gasteiger partial charge in [-0.3, -0.25) is 9.59 Å². The van der Waals surface area contributed by atoms with Crippen molar-refractivity contribution >= 4 is 11.8 Å².